The number of nitrogens with zero attached hydrogens (tertiary/aromatic N) is 2. The molecule has 0 fully saturated rings. The third kappa shape index (κ3) is 7.10. The smallest absolute Gasteiger partial charge is 0.264 e. The molecule has 0 saturated carbocycles. The normalized spacial score (nSPS) is 11.9. The second kappa shape index (κ2) is 13.0. The molecule has 0 aliphatic carbocycles. The van der Waals surface area contributed by atoms with Crippen molar-refractivity contribution in [1.82, 2.24) is 10.2 Å². The van der Waals surface area contributed by atoms with Gasteiger partial charge in [0.1, 0.15) is 18.3 Å². The van der Waals surface area contributed by atoms with Gasteiger partial charge in [-0.3, -0.25) is 13.9 Å². The highest BCUT2D eigenvalue weighted by Gasteiger charge is 2.34. The molecule has 0 aromatic heterocycles. The summed E-state index contributed by atoms with van der Waals surface area (Å²) in [6, 6.07) is 17.7. The zero-order valence-electron chi connectivity index (χ0n) is 22.8. The molecule has 1 N–H and O–H groups in total. The molecule has 0 bridgehead atoms. The molecule has 10 heteroatoms. The number of halogens is 1. The van der Waals surface area contributed by atoms with Crippen molar-refractivity contribution in [2.24, 2.45) is 0 Å². The second-order valence-electron chi connectivity index (χ2n) is 9.17. The minimum atomic E-state index is -4.17. The Morgan fingerprint density at radius 1 is 1.03 bits per heavy atom. The molecule has 0 aliphatic heterocycles. The predicted molar refractivity (Wildman–Crippen MR) is 154 cm³/mol. The van der Waals surface area contributed by atoms with Crippen LogP contribution in [0, 0.1) is 13.8 Å². The van der Waals surface area contributed by atoms with Crippen LogP contribution < -0.4 is 14.4 Å². The second-order valence-corrected chi connectivity index (χ2v) is 11.5. The van der Waals surface area contributed by atoms with E-state index >= 15 is 0 Å². The number of carbonyl (C=O) groups excluding carboxylic acids is 2. The van der Waals surface area contributed by atoms with Crippen LogP contribution in [0.1, 0.15) is 30.0 Å². The summed E-state index contributed by atoms with van der Waals surface area (Å²) in [5.74, 6) is -0.282. The van der Waals surface area contributed by atoms with Gasteiger partial charge >= 0.3 is 0 Å². The summed E-state index contributed by atoms with van der Waals surface area (Å²) in [5.41, 5.74) is 2.54. The summed E-state index contributed by atoms with van der Waals surface area (Å²) in [5, 5.41) is 2.95. The Morgan fingerprint density at radius 3 is 2.33 bits per heavy atom. The van der Waals surface area contributed by atoms with Crippen LogP contribution in [0.3, 0.4) is 0 Å². The van der Waals surface area contributed by atoms with Crippen molar-refractivity contribution in [1.29, 1.82) is 0 Å². The van der Waals surface area contributed by atoms with E-state index in [1.807, 2.05) is 13.0 Å². The van der Waals surface area contributed by atoms with E-state index in [2.05, 4.69) is 5.32 Å². The van der Waals surface area contributed by atoms with Gasteiger partial charge in [0.25, 0.3) is 10.0 Å². The number of likely N-dealkylation sites (N-methyl/N-ethyl adjacent to an activating group) is 1. The van der Waals surface area contributed by atoms with Crippen LogP contribution in [-0.2, 0) is 26.2 Å². The SMILES string of the molecule is CC[C@H](C(=O)NC)N(Cc1cccc(OC)c1)C(=O)CN(c1cc(Cl)ccc1C)S(=O)(=O)c1ccc(C)cc1. The number of benzene rings is 3. The van der Waals surface area contributed by atoms with Crippen molar-refractivity contribution in [3.8, 4) is 5.75 Å². The number of aryl methyl sites for hydroxylation is 2. The summed E-state index contributed by atoms with van der Waals surface area (Å²) >= 11 is 6.26. The monoisotopic (exact) mass is 571 g/mol. The van der Waals surface area contributed by atoms with Crippen LogP contribution in [0.15, 0.2) is 71.6 Å². The van der Waals surface area contributed by atoms with Gasteiger partial charge in [-0.1, -0.05) is 54.4 Å². The molecule has 0 heterocycles. The molecule has 0 saturated heterocycles. The molecule has 3 rings (SSSR count). The van der Waals surface area contributed by atoms with Crippen LogP contribution >= 0.6 is 11.6 Å². The van der Waals surface area contributed by atoms with Crippen LogP contribution in [0.4, 0.5) is 5.69 Å². The molecule has 0 aliphatic rings. The van der Waals surface area contributed by atoms with Crippen LogP contribution in [0.25, 0.3) is 0 Å². The largest absolute Gasteiger partial charge is 0.497 e. The number of amides is 2. The van der Waals surface area contributed by atoms with E-state index in [0.717, 1.165) is 15.4 Å². The number of nitrogens with one attached hydrogen (secondary N) is 1. The summed E-state index contributed by atoms with van der Waals surface area (Å²) in [7, 11) is -1.13. The lowest BCUT2D eigenvalue weighted by atomic mass is 10.1. The number of rotatable bonds is 11. The third-order valence-corrected chi connectivity index (χ3v) is 8.46. The number of carbonyl (C=O) groups is 2. The number of ether oxygens (including phenoxy) is 1. The van der Waals surface area contributed by atoms with E-state index in [1.54, 1.807) is 63.4 Å². The van der Waals surface area contributed by atoms with Crippen molar-refractivity contribution in [2.75, 3.05) is 25.0 Å². The molecule has 39 heavy (non-hydrogen) atoms. The van der Waals surface area contributed by atoms with Crippen molar-refractivity contribution in [2.45, 2.75) is 44.7 Å². The first-order valence-corrected chi connectivity index (χ1v) is 14.3. The topological polar surface area (TPSA) is 96.0 Å². The van der Waals surface area contributed by atoms with E-state index in [0.29, 0.717) is 22.8 Å². The molecular weight excluding hydrogens is 538 g/mol. The van der Waals surface area contributed by atoms with Crippen LogP contribution in [0.2, 0.25) is 5.02 Å². The number of anilines is 1. The zero-order valence-corrected chi connectivity index (χ0v) is 24.3. The number of hydrogen-bond acceptors (Lipinski definition) is 5. The highest BCUT2D eigenvalue weighted by molar-refractivity contribution is 7.92. The summed E-state index contributed by atoms with van der Waals surface area (Å²) in [4.78, 5) is 28.3. The molecule has 2 amide bonds. The van der Waals surface area contributed by atoms with Crippen molar-refractivity contribution >= 4 is 39.1 Å². The Balaban J connectivity index is 2.11. The maximum atomic E-state index is 14.0. The number of sulfonamides is 1. The maximum absolute atomic E-state index is 14.0. The molecule has 3 aromatic carbocycles. The minimum Gasteiger partial charge on any atom is -0.497 e. The zero-order chi connectivity index (χ0) is 28.7. The Morgan fingerprint density at radius 2 is 1.72 bits per heavy atom. The van der Waals surface area contributed by atoms with Gasteiger partial charge in [0.05, 0.1) is 17.7 Å². The molecule has 8 nitrogen and oxygen atoms in total. The highest BCUT2D eigenvalue weighted by atomic mass is 35.5. The van der Waals surface area contributed by atoms with E-state index < -0.39 is 28.5 Å². The van der Waals surface area contributed by atoms with Gasteiger partial charge in [-0.2, -0.15) is 0 Å². The van der Waals surface area contributed by atoms with Crippen LogP contribution in [0.5, 0.6) is 5.75 Å². The maximum Gasteiger partial charge on any atom is 0.264 e. The average molecular weight is 572 g/mol. The van der Waals surface area contributed by atoms with Gasteiger partial charge in [0.2, 0.25) is 11.8 Å². The van der Waals surface area contributed by atoms with E-state index in [9.17, 15) is 18.0 Å². The molecule has 0 spiro atoms. The van der Waals surface area contributed by atoms with Gasteiger partial charge in [-0.25, -0.2) is 8.42 Å². The molecule has 1 atom stereocenters. The molecule has 208 valence electrons. The lowest BCUT2D eigenvalue weighted by molar-refractivity contribution is -0.140. The van der Waals surface area contributed by atoms with Gasteiger partial charge in [0, 0.05) is 18.6 Å². The fourth-order valence-electron chi connectivity index (χ4n) is 4.26. The summed E-state index contributed by atoms with van der Waals surface area (Å²) in [6.45, 7) is 4.96. The van der Waals surface area contributed by atoms with Crippen molar-refractivity contribution < 1.29 is 22.7 Å². The standard InChI is InChI=1S/C29H34ClN3O5S/c1-6-26(29(35)31-4)32(18-22-8-7-9-24(16-22)38-5)28(34)19-33(27-17-23(30)13-12-21(27)3)39(36,37)25-14-10-20(2)11-15-25/h7-17,26H,6,18-19H2,1-5H3,(H,31,35)/t26-/m1/s1. The fourth-order valence-corrected chi connectivity index (χ4v) is 5.89. The fraction of sp³-hybridized carbons (Fsp3) is 0.310. The average Bonchev–Trinajstić information content (AvgIpc) is 2.93. The van der Waals surface area contributed by atoms with Crippen molar-refractivity contribution in [3.63, 3.8) is 0 Å². The Kier molecular flexibility index (Phi) is 9.99. The third-order valence-electron chi connectivity index (χ3n) is 6.45. The molecular formula is C29H34ClN3O5S. The van der Waals surface area contributed by atoms with Gasteiger partial charge in [-0.05, 0) is 67.8 Å². The van der Waals surface area contributed by atoms with Gasteiger partial charge in [-0.15, -0.1) is 0 Å². The molecule has 0 radical (unpaired) electrons. The van der Waals surface area contributed by atoms with Crippen LogP contribution in [-0.4, -0.2) is 51.9 Å². The van der Waals surface area contributed by atoms with Gasteiger partial charge in [0.15, 0.2) is 0 Å². The predicted octanol–water partition coefficient (Wildman–Crippen LogP) is 4.71. The number of methoxy groups -OCH3 is 1. The first-order chi connectivity index (χ1) is 18.5. The summed E-state index contributed by atoms with van der Waals surface area (Å²) < 4.78 is 34.3. The first-order valence-electron chi connectivity index (χ1n) is 12.5. The Bertz CT molecular complexity index is 1430. The lowest BCUT2D eigenvalue weighted by Crippen LogP contribution is -2.51. The number of hydrogen-bond donors (Lipinski definition) is 1. The van der Waals surface area contributed by atoms with Crippen molar-refractivity contribution in [3.05, 3.63) is 88.4 Å². The minimum absolute atomic E-state index is 0.0398. The molecule has 0 unspecified atom stereocenters. The summed E-state index contributed by atoms with van der Waals surface area (Å²) in [6.07, 6.45) is 0.330. The van der Waals surface area contributed by atoms with E-state index in [4.69, 9.17) is 16.3 Å². The van der Waals surface area contributed by atoms with Gasteiger partial charge < -0.3 is 15.0 Å². The van der Waals surface area contributed by atoms with E-state index in [-0.39, 0.29) is 23.0 Å². The first kappa shape index (κ1) is 30.0. The highest BCUT2D eigenvalue weighted by Crippen LogP contribution is 2.30. The molecule has 3 aromatic rings. The Labute approximate surface area is 235 Å². The quantitative estimate of drug-likeness (QED) is 0.359. The Hall–Kier alpha value is -3.56. The lowest BCUT2D eigenvalue weighted by Gasteiger charge is -2.33. The van der Waals surface area contributed by atoms with E-state index in [1.165, 1.54) is 30.1 Å².